The second-order valence-corrected chi connectivity index (χ2v) is 4.54. The molecule has 0 amide bonds. The first-order valence-electron chi connectivity index (χ1n) is 6.62. The SMILES string of the molecule is COc1cc(OC)cc(C(=O)C=Cc2cccc(C#N)c2)c1. The predicted octanol–water partition coefficient (Wildman–Crippen LogP) is 3.47. The number of rotatable bonds is 5. The zero-order valence-electron chi connectivity index (χ0n) is 12.4. The Balaban J connectivity index is 2.24. The molecule has 0 saturated heterocycles. The first-order chi connectivity index (χ1) is 10.7. The minimum absolute atomic E-state index is 0.167. The van der Waals surface area contributed by atoms with Crippen LogP contribution < -0.4 is 9.47 Å². The van der Waals surface area contributed by atoms with Crippen molar-refractivity contribution in [2.45, 2.75) is 0 Å². The average molecular weight is 293 g/mol. The Kier molecular flexibility index (Phi) is 4.94. The standard InChI is InChI=1S/C18H15NO3/c1-21-16-9-15(10-17(11-16)22-2)18(20)7-6-13-4-3-5-14(8-13)12-19/h3-11H,1-2H3. The zero-order valence-corrected chi connectivity index (χ0v) is 12.4. The molecule has 110 valence electrons. The zero-order chi connectivity index (χ0) is 15.9. The van der Waals surface area contributed by atoms with Gasteiger partial charge in [-0.2, -0.15) is 5.26 Å². The van der Waals surface area contributed by atoms with Crippen LogP contribution in [0.2, 0.25) is 0 Å². The highest BCUT2D eigenvalue weighted by molar-refractivity contribution is 6.07. The van der Waals surface area contributed by atoms with Crippen LogP contribution in [0.4, 0.5) is 0 Å². The lowest BCUT2D eigenvalue weighted by Crippen LogP contribution is -1.97. The van der Waals surface area contributed by atoms with Gasteiger partial charge in [0, 0.05) is 11.6 Å². The summed E-state index contributed by atoms with van der Waals surface area (Å²) >= 11 is 0. The second kappa shape index (κ2) is 7.09. The van der Waals surface area contributed by atoms with Gasteiger partial charge in [-0.1, -0.05) is 18.2 Å². The van der Waals surface area contributed by atoms with Gasteiger partial charge in [-0.05, 0) is 35.9 Å². The maximum atomic E-state index is 12.2. The minimum Gasteiger partial charge on any atom is -0.497 e. The van der Waals surface area contributed by atoms with E-state index in [1.54, 1.807) is 42.5 Å². The van der Waals surface area contributed by atoms with Crippen molar-refractivity contribution in [1.82, 2.24) is 0 Å². The molecule has 2 aromatic rings. The monoisotopic (exact) mass is 293 g/mol. The third-order valence-electron chi connectivity index (χ3n) is 3.08. The van der Waals surface area contributed by atoms with Gasteiger partial charge >= 0.3 is 0 Å². The molecule has 0 bridgehead atoms. The van der Waals surface area contributed by atoms with Gasteiger partial charge in [0.2, 0.25) is 0 Å². The second-order valence-electron chi connectivity index (χ2n) is 4.54. The summed E-state index contributed by atoms with van der Waals surface area (Å²) < 4.78 is 10.3. The van der Waals surface area contributed by atoms with Gasteiger partial charge in [0.05, 0.1) is 25.9 Å². The van der Waals surface area contributed by atoms with Crippen LogP contribution in [0, 0.1) is 11.3 Å². The smallest absolute Gasteiger partial charge is 0.186 e. The van der Waals surface area contributed by atoms with Crippen LogP contribution in [0.3, 0.4) is 0 Å². The molecule has 4 heteroatoms. The van der Waals surface area contributed by atoms with E-state index < -0.39 is 0 Å². The molecular formula is C18H15NO3. The molecule has 0 fully saturated rings. The number of carbonyl (C=O) groups is 1. The Morgan fingerprint density at radius 1 is 1.09 bits per heavy atom. The van der Waals surface area contributed by atoms with Crippen molar-refractivity contribution in [3.05, 3.63) is 65.2 Å². The van der Waals surface area contributed by atoms with Gasteiger partial charge in [-0.25, -0.2) is 0 Å². The van der Waals surface area contributed by atoms with Crippen molar-refractivity contribution in [2.75, 3.05) is 14.2 Å². The third kappa shape index (κ3) is 3.74. The van der Waals surface area contributed by atoms with Gasteiger partial charge in [0.15, 0.2) is 5.78 Å². The molecular weight excluding hydrogens is 278 g/mol. The van der Waals surface area contributed by atoms with Crippen molar-refractivity contribution in [1.29, 1.82) is 5.26 Å². The van der Waals surface area contributed by atoms with Gasteiger partial charge in [-0.3, -0.25) is 4.79 Å². The molecule has 0 N–H and O–H groups in total. The molecule has 0 unspecified atom stereocenters. The number of hydrogen-bond acceptors (Lipinski definition) is 4. The van der Waals surface area contributed by atoms with E-state index in [0.29, 0.717) is 22.6 Å². The van der Waals surface area contributed by atoms with Crippen molar-refractivity contribution in [3.63, 3.8) is 0 Å². The van der Waals surface area contributed by atoms with E-state index in [0.717, 1.165) is 5.56 Å². The fourth-order valence-corrected chi connectivity index (χ4v) is 1.93. The van der Waals surface area contributed by atoms with E-state index in [9.17, 15) is 4.79 Å². The number of methoxy groups -OCH3 is 2. The maximum Gasteiger partial charge on any atom is 0.186 e. The Morgan fingerprint density at radius 2 is 1.77 bits per heavy atom. The lowest BCUT2D eigenvalue weighted by atomic mass is 10.1. The molecule has 0 spiro atoms. The summed E-state index contributed by atoms with van der Waals surface area (Å²) in [7, 11) is 3.07. The molecule has 22 heavy (non-hydrogen) atoms. The Bertz CT molecular complexity index is 735. The van der Waals surface area contributed by atoms with E-state index in [2.05, 4.69) is 6.07 Å². The summed E-state index contributed by atoms with van der Waals surface area (Å²) in [5.74, 6) is 0.949. The summed E-state index contributed by atoms with van der Waals surface area (Å²) in [4.78, 5) is 12.2. The normalized spacial score (nSPS) is 10.2. The number of ketones is 1. The predicted molar refractivity (Wildman–Crippen MR) is 84.1 cm³/mol. The van der Waals surface area contributed by atoms with Crippen molar-refractivity contribution in [3.8, 4) is 17.6 Å². The van der Waals surface area contributed by atoms with Crippen molar-refractivity contribution < 1.29 is 14.3 Å². The number of nitrogens with zero attached hydrogens (tertiary/aromatic N) is 1. The van der Waals surface area contributed by atoms with Gasteiger partial charge < -0.3 is 9.47 Å². The van der Waals surface area contributed by atoms with E-state index in [1.807, 2.05) is 6.07 Å². The van der Waals surface area contributed by atoms with E-state index >= 15 is 0 Å². The highest BCUT2D eigenvalue weighted by Gasteiger charge is 2.07. The summed E-state index contributed by atoms with van der Waals surface area (Å²) in [6.07, 6.45) is 3.14. The maximum absolute atomic E-state index is 12.2. The molecule has 0 saturated carbocycles. The Labute approximate surface area is 129 Å². The van der Waals surface area contributed by atoms with Gasteiger partial charge in [0.25, 0.3) is 0 Å². The number of hydrogen-bond donors (Lipinski definition) is 0. The molecule has 0 atom stereocenters. The van der Waals surface area contributed by atoms with Crippen LogP contribution in [-0.4, -0.2) is 20.0 Å². The first kappa shape index (κ1) is 15.3. The molecule has 0 radical (unpaired) electrons. The fourth-order valence-electron chi connectivity index (χ4n) is 1.93. The van der Waals surface area contributed by atoms with Crippen LogP contribution >= 0.6 is 0 Å². The molecule has 0 aliphatic rings. The Morgan fingerprint density at radius 3 is 2.36 bits per heavy atom. The van der Waals surface area contributed by atoms with E-state index in [1.165, 1.54) is 20.3 Å². The molecule has 2 aromatic carbocycles. The highest BCUT2D eigenvalue weighted by atomic mass is 16.5. The quantitative estimate of drug-likeness (QED) is 0.625. The molecule has 0 aliphatic heterocycles. The molecule has 0 aromatic heterocycles. The number of carbonyl (C=O) groups excluding carboxylic acids is 1. The highest BCUT2D eigenvalue weighted by Crippen LogP contribution is 2.23. The topological polar surface area (TPSA) is 59.3 Å². The molecule has 0 heterocycles. The van der Waals surface area contributed by atoms with E-state index in [4.69, 9.17) is 14.7 Å². The number of nitriles is 1. The van der Waals surface area contributed by atoms with E-state index in [-0.39, 0.29) is 5.78 Å². The largest absolute Gasteiger partial charge is 0.497 e. The van der Waals surface area contributed by atoms with Crippen LogP contribution in [0.15, 0.2) is 48.5 Å². The summed E-state index contributed by atoms with van der Waals surface area (Å²) in [6, 6.07) is 14.1. The first-order valence-corrected chi connectivity index (χ1v) is 6.62. The summed E-state index contributed by atoms with van der Waals surface area (Å²) in [5, 5.41) is 8.86. The van der Waals surface area contributed by atoms with Crippen LogP contribution in [0.25, 0.3) is 6.08 Å². The average Bonchev–Trinajstić information content (AvgIpc) is 2.59. The van der Waals surface area contributed by atoms with Gasteiger partial charge in [0.1, 0.15) is 11.5 Å². The van der Waals surface area contributed by atoms with Crippen LogP contribution in [0.1, 0.15) is 21.5 Å². The van der Waals surface area contributed by atoms with Crippen molar-refractivity contribution >= 4 is 11.9 Å². The summed E-state index contributed by atoms with van der Waals surface area (Å²) in [6.45, 7) is 0. The van der Waals surface area contributed by atoms with Crippen molar-refractivity contribution in [2.24, 2.45) is 0 Å². The van der Waals surface area contributed by atoms with Crippen LogP contribution in [-0.2, 0) is 0 Å². The molecule has 4 nitrogen and oxygen atoms in total. The number of benzene rings is 2. The lowest BCUT2D eigenvalue weighted by molar-refractivity contribution is 0.104. The Hall–Kier alpha value is -3.06. The lowest BCUT2D eigenvalue weighted by Gasteiger charge is -2.06. The molecule has 2 rings (SSSR count). The number of allylic oxidation sites excluding steroid dienone is 1. The molecule has 0 aliphatic carbocycles. The fraction of sp³-hybridized carbons (Fsp3) is 0.111. The minimum atomic E-state index is -0.167. The third-order valence-corrected chi connectivity index (χ3v) is 3.08. The number of ether oxygens (including phenoxy) is 2. The summed E-state index contributed by atoms with van der Waals surface area (Å²) in [5.41, 5.74) is 1.82. The van der Waals surface area contributed by atoms with Crippen LogP contribution in [0.5, 0.6) is 11.5 Å². The van der Waals surface area contributed by atoms with Gasteiger partial charge in [-0.15, -0.1) is 0 Å².